The molecule has 0 aliphatic rings. The fourth-order valence-electron chi connectivity index (χ4n) is 2.07. The topological polar surface area (TPSA) is 38.3 Å². The Morgan fingerprint density at radius 3 is 2.70 bits per heavy atom. The first-order valence-electron chi connectivity index (χ1n) is 7.48. The Labute approximate surface area is 150 Å². The molecule has 1 unspecified atom stereocenters. The van der Waals surface area contributed by atoms with E-state index in [0.717, 1.165) is 10.9 Å². The van der Waals surface area contributed by atoms with Crippen molar-refractivity contribution in [1.82, 2.24) is 0 Å². The molecule has 0 heterocycles. The number of hydrogen-bond acceptors (Lipinski definition) is 2. The molecule has 0 spiro atoms. The second kappa shape index (κ2) is 8.37. The van der Waals surface area contributed by atoms with E-state index in [1.54, 1.807) is 12.1 Å². The van der Waals surface area contributed by atoms with Gasteiger partial charge in [-0.3, -0.25) is 4.79 Å². The van der Waals surface area contributed by atoms with E-state index < -0.39 is 0 Å². The molecular formula is C18H19BrClNO2. The minimum atomic E-state index is -0.254. The van der Waals surface area contributed by atoms with Crippen molar-refractivity contribution in [3.63, 3.8) is 0 Å². The summed E-state index contributed by atoms with van der Waals surface area (Å²) in [7, 11) is 0. The van der Waals surface area contributed by atoms with Crippen LogP contribution >= 0.6 is 27.5 Å². The number of carbonyl (C=O) groups excluding carboxylic acids is 1. The SMILES string of the molecule is CCC(C)c1ccc(OCC(=O)Nc2ccccc2Cl)c(Br)c1. The van der Waals surface area contributed by atoms with Gasteiger partial charge in [-0.1, -0.05) is 43.6 Å². The second-order valence-electron chi connectivity index (χ2n) is 5.32. The van der Waals surface area contributed by atoms with Gasteiger partial charge in [0.2, 0.25) is 0 Å². The Morgan fingerprint density at radius 1 is 1.30 bits per heavy atom. The maximum atomic E-state index is 12.0. The maximum Gasteiger partial charge on any atom is 0.262 e. The zero-order chi connectivity index (χ0) is 16.8. The molecule has 2 aromatic carbocycles. The third-order valence-electron chi connectivity index (χ3n) is 3.64. The molecule has 1 N–H and O–H groups in total. The summed E-state index contributed by atoms with van der Waals surface area (Å²) >= 11 is 9.50. The molecule has 122 valence electrons. The molecule has 2 rings (SSSR count). The molecule has 0 aliphatic heterocycles. The summed E-state index contributed by atoms with van der Waals surface area (Å²) < 4.78 is 6.43. The van der Waals surface area contributed by atoms with Crippen molar-refractivity contribution in [2.45, 2.75) is 26.2 Å². The highest BCUT2D eigenvalue weighted by Gasteiger charge is 2.10. The maximum absolute atomic E-state index is 12.0. The number of carbonyl (C=O) groups is 1. The number of para-hydroxylation sites is 1. The normalized spacial score (nSPS) is 11.8. The zero-order valence-corrected chi connectivity index (χ0v) is 15.4. The lowest BCUT2D eigenvalue weighted by Crippen LogP contribution is -2.20. The monoisotopic (exact) mass is 395 g/mol. The van der Waals surface area contributed by atoms with Gasteiger partial charge >= 0.3 is 0 Å². The minimum Gasteiger partial charge on any atom is -0.483 e. The lowest BCUT2D eigenvalue weighted by atomic mass is 9.99. The van der Waals surface area contributed by atoms with Crippen LogP contribution in [0, 0.1) is 0 Å². The summed E-state index contributed by atoms with van der Waals surface area (Å²) in [5.41, 5.74) is 1.82. The van der Waals surface area contributed by atoms with Crippen LogP contribution in [0.2, 0.25) is 5.02 Å². The van der Waals surface area contributed by atoms with Gasteiger partial charge in [0.05, 0.1) is 15.2 Å². The molecule has 2 aromatic rings. The van der Waals surface area contributed by atoms with Crippen LogP contribution in [-0.2, 0) is 4.79 Å². The molecule has 0 fully saturated rings. The number of amides is 1. The average Bonchev–Trinajstić information content (AvgIpc) is 2.55. The standard InChI is InChI=1S/C18H19BrClNO2/c1-3-12(2)13-8-9-17(14(19)10-13)23-11-18(22)21-16-7-5-4-6-15(16)20/h4-10,12H,3,11H2,1-2H3,(H,21,22). The fourth-order valence-corrected chi connectivity index (χ4v) is 2.76. The van der Waals surface area contributed by atoms with Gasteiger partial charge in [0.1, 0.15) is 5.75 Å². The van der Waals surface area contributed by atoms with Crippen molar-refractivity contribution in [2.75, 3.05) is 11.9 Å². The van der Waals surface area contributed by atoms with Gasteiger partial charge in [0, 0.05) is 0 Å². The molecule has 1 atom stereocenters. The van der Waals surface area contributed by atoms with Crippen molar-refractivity contribution in [2.24, 2.45) is 0 Å². The molecule has 0 aliphatic carbocycles. The smallest absolute Gasteiger partial charge is 0.262 e. The third-order valence-corrected chi connectivity index (χ3v) is 4.59. The van der Waals surface area contributed by atoms with Crippen molar-refractivity contribution >= 4 is 39.1 Å². The van der Waals surface area contributed by atoms with Crippen molar-refractivity contribution in [1.29, 1.82) is 0 Å². The van der Waals surface area contributed by atoms with E-state index in [9.17, 15) is 4.79 Å². The molecule has 23 heavy (non-hydrogen) atoms. The number of anilines is 1. The van der Waals surface area contributed by atoms with Crippen LogP contribution in [0.1, 0.15) is 31.7 Å². The second-order valence-corrected chi connectivity index (χ2v) is 6.58. The molecule has 3 nitrogen and oxygen atoms in total. The predicted octanol–water partition coefficient (Wildman–Crippen LogP) is 5.63. The van der Waals surface area contributed by atoms with Gasteiger partial charge < -0.3 is 10.1 Å². The minimum absolute atomic E-state index is 0.0769. The Balaban J connectivity index is 1.95. The molecule has 5 heteroatoms. The number of benzene rings is 2. The molecule has 0 radical (unpaired) electrons. The van der Waals surface area contributed by atoms with Crippen LogP contribution in [-0.4, -0.2) is 12.5 Å². The van der Waals surface area contributed by atoms with Gasteiger partial charge in [0.25, 0.3) is 5.91 Å². The van der Waals surface area contributed by atoms with E-state index in [0.29, 0.717) is 22.4 Å². The van der Waals surface area contributed by atoms with Gasteiger partial charge in [0.15, 0.2) is 6.61 Å². The van der Waals surface area contributed by atoms with E-state index in [-0.39, 0.29) is 12.5 Å². The number of nitrogens with one attached hydrogen (secondary N) is 1. The van der Waals surface area contributed by atoms with Crippen molar-refractivity contribution in [3.8, 4) is 5.75 Å². The third kappa shape index (κ3) is 4.98. The van der Waals surface area contributed by atoms with Crippen LogP contribution in [0.15, 0.2) is 46.9 Å². The number of rotatable bonds is 6. The molecule has 0 bridgehead atoms. The quantitative estimate of drug-likeness (QED) is 0.687. The summed E-state index contributed by atoms with van der Waals surface area (Å²) in [6, 6.07) is 13.0. The van der Waals surface area contributed by atoms with Crippen LogP contribution in [0.3, 0.4) is 0 Å². The van der Waals surface area contributed by atoms with Crippen molar-refractivity contribution < 1.29 is 9.53 Å². The van der Waals surface area contributed by atoms with Crippen LogP contribution in [0.25, 0.3) is 0 Å². The molecular weight excluding hydrogens is 378 g/mol. The summed E-state index contributed by atoms with van der Waals surface area (Å²) in [5.74, 6) is 0.881. The van der Waals surface area contributed by atoms with E-state index in [1.165, 1.54) is 5.56 Å². The van der Waals surface area contributed by atoms with Gasteiger partial charge in [-0.05, 0) is 58.1 Å². The fraction of sp³-hybridized carbons (Fsp3) is 0.278. The molecule has 1 amide bonds. The summed E-state index contributed by atoms with van der Waals surface area (Å²) in [4.78, 5) is 12.0. The predicted molar refractivity (Wildman–Crippen MR) is 98.4 cm³/mol. The average molecular weight is 397 g/mol. The highest BCUT2D eigenvalue weighted by Crippen LogP contribution is 2.30. The van der Waals surface area contributed by atoms with Gasteiger partial charge in [-0.25, -0.2) is 0 Å². The summed E-state index contributed by atoms with van der Waals surface area (Å²) in [6.45, 7) is 4.26. The Kier molecular flexibility index (Phi) is 6.48. The Bertz CT molecular complexity index is 690. The highest BCUT2D eigenvalue weighted by molar-refractivity contribution is 9.10. The molecule has 0 saturated carbocycles. The summed E-state index contributed by atoms with van der Waals surface area (Å²) in [6.07, 6.45) is 1.08. The van der Waals surface area contributed by atoms with Crippen LogP contribution < -0.4 is 10.1 Å². The first-order valence-corrected chi connectivity index (χ1v) is 8.65. The number of halogens is 2. The van der Waals surface area contributed by atoms with Gasteiger partial charge in [-0.15, -0.1) is 0 Å². The largest absolute Gasteiger partial charge is 0.483 e. The zero-order valence-electron chi connectivity index (χ0n) is 13.1. The highest BCUT2D eigenvalue weighted by atomic mass is 79.9. The van der Waals surface area contributed by atoms with Crippen LogP contribution in [0.5, 0.6) is 5.75 Å². The van der Waals surface area contributed by atoms with E-state index >= 15 is 0 Å². The van der Waals surface area contributed by atoms with E-state index in [2.05, 4.69) is 35.1 Å². The van der Waals surface area contributed by atoms with E-state index in [4.69, 9.17) is 16.3 Å². The Morgan fingerprint density at radius 2 is 2.04 bits per heavy atom. The molecule has 0 aromatic heterocycles. The van der Waals surface area contributed by atoms with Crippen LogP contribution in [0.4, 0.5) is 5.69 Å². The van der Waals surface area contributed by atoms with E-state index in [1.807, 2.05) is 30.3 Å². The summed E-state index contributed by atoms with van der Waals surface area (Å²) in [5, 5.41) is 3.23. The number of hydrogen-bond donors (Lipinski definition) is 1. The first kappa shape index (κ1) is 17.8. The molecule has 0 saturated heterocycles. The first-order chi connectivity index (χ1) is 11.0. The Hall–Kier alpha value is -1.52. The van der Waals surface area contributed by atoms with Crippen molar-refractivity contribution in [3.05, 3.63) is 57.5 Å². The van der Waals surface area contributed by atoms with Gasteiger partial charge in [-0.2, -0.15) is 0 Å². The number of ether oxygens (including phenoxy) is 1. The lowest BCUT2D eigenvalue weighted by Gasteiger charge is -2.13. The lowest BCUT2D eigenvalue weighted by molar-refractivity contribution is -0.118.